The Hall–Kier alpha value is -3.28. The predicted molar refractivity (Wildman–Crippen MR) is 137 cm³/mol. The Morgan fingerprint density at radius 3 is 2.57 bits per heavy atom. The first-order valence-electron chi connectivity index (χ1n) is 12.1. The normalized spacial score (nSPS) is 13.4. The van der Waals surface area contributed by atoms with Crippen molar-refractivity contribution in [3.05, 3.63) is 42.5 Å². The minimum absolute atomic E-state index is 0.191. The van der Waals surface area contributed by atoms with Crippen molar-refractivity contribution in [3.8, 4) is 0 Å². The van der Waals surface area contributed by atoms with Gasteiger partial charge in [-0.05, 0) is 31.0 Å². The maximum atomic E-state index is 12.5. The minimum atomic E-state index is -0.191. The summed E-state index contributed by atoms with van der Waals surface area (Å²) in [6.07, 6.45) is 6.37. The summed E-state index contributed by atoms with van der Waals surface area (Å²) in [5.74, 6) is 1.16. The molecule has 0 radical (unpaired) electrons. The smallest absolute Gasteiger partial charge is 0.251 e. The van der Waals surface area contributed by atoms with Gasteiger partial charge in [0.1, 0.15) is 0 Å². The van der Waals surface area contributed by atoms with Gasteiger partial charge in [-0.15, -0.1) is 6.58 Å². The summed E-state index contributed by atoms with van der Waals surface area (Å²) in [5.41, 5.74) is 6.57. The molecule has 3 rings (SSSR count). The van der Waals surface area contributed by atoms with E-state index in [9.17, 15) is 4.79 Å². The highest BCUT2D eigenvalue weighted by molar-refractivity contribution is 5.95. The molecule has 2 aromatic rings. The molecule has 1 aromatic carbocycles. The van der Waals surface area contributed by atoms with Crippen LogP contribution in [0, 0.1) is 0 Å². The molecule has 0 atom stereocenters. The van der Waals surface area contributed by atoms with E-state index in [-0.39, 0.29) is 5.91 Å². The standard InChI is InChI=1S/C24H36N8O3/c1-2-11-27-22-30-23(28-19-7-3-4-8-19)32-24(31-22)29-20-9-5-6-18(17-20)21(33)26-12-14-35-16-15-34-13-10-25/h2,5-6,9,17,19H,1,3-4,7-8,10-16,25H2,(H,26,33)(H3,27,28,29,30,31,32). The lowest BCUT2D eigenvalue weighted by molar-refractivity contribution is 0.0511. The summed E-state index contributed by atoms with van der Waals surface area (Å²) in [5, 5.41) is 12.6. The Morgan fingerprint density at radius 2 is 1.80 bits per heavy atom. The lowest BCUT2D eigenvalue weighted by atomic mass is 10.2. The second-order valence-electron chi connectivity index (χ2n) is 8.08. The van der Waals surface area contributed by atoms with E-state index >= 15 is 0 Å². The first kappa shape index (κ1) is 26.3. The summed E-state index contributed by atoms with van der Waals surface area (Å²) >= 11 is 0. The van der Waals surface area contributed by atoms with Crippen LogP contribution in [-0.2, 0) is 9.47 Å². The van der Waals surface area contributed by atoms with Gasteiger partial charge in [0.25, 0.3) is 5.91 Å². The molecule has 1 amide bonds. The topological polar surface area (TPSA) is 148 Å². The molecule has 0 unspecified atom stereocenters. The van der Waals surface area contributed by atoms with Crippen molar-refractivity contribution in [3.63, 3.8) is 0 Å². The van der Waals surface area contributed by atoms with Gasteiger partial charge in [-0.2, -0.15) is 15.0 Å². The third kappa shape index (κ3) is 9.47. The number of nitrogens with zero attached hydrogens (tertiary/aromatic N) is 3. The molecule has 1 heterocycles. The average molecular weight is 485 g/mol. The van der Waals surface area contributed by atoms with E-state index in [2.05, 4.69) is 42.8 Å². The fraction of sp³-hybridized carbons (Fsp3) is 0.500. The number of nitrogens with two attached hydrogens (primary N) is 1. The van der Waals surface area contributed by atoms with Crippen LogP contribution >= 0.6 is 0 Å². The zero-order valence-corrected chi connectivity index (χ0v) is 20.1. The monoisotopic (exact) mass is 484 g/mol. The van der Waals surface area contributed by atoms with Gasteiger partial charge in [0.2, 0.25) is 17.8 Å². The van der Waals surface area contributed by atoms with E-state index in [1.165, 1.54) is 12.8 Å². The molecule has 1 aliphatic carbocycles. The third-order valence-corrected chi connectivity index (χ3v) is 5.28. The predicted octanol–water partition coefficient (Wildman–Crippen LogP) is 2.29. The molecule has 11 heteroatoms. The second-order valence-corrected chi connectivity index (χ2v) is 8.08. The molecule has 6 N–H and O–H groups in total. The number of aromatic nitrogens is 3. The van der Waals surface area contributed by atoms with Crippen LogP contribution in [0.5, 0.6) is 0 Å². The van der Waals surface area contributed by atoms with E-state index < -0.39 is 0 Å². The fourth-order valence-corrected chi connectivity index (χ4v) is 3.60. The van der Waals surface area contributed by atoms with Gasteiger partial charge in [0.15, 0.2) is 0 Å². The SMILES string of the molecule is C=CCNc1nc(Nc2cccc(C(=O)NCCOCCOCCN)c2)nc(NC2CCCC2)n1. The van der Waals surface area contributed by atoms with Crippen LogP contribution in [-0.4, -0.2) is 73.0 Å². The number of anilines is 4. The fourth-order valence-electron chi connectivity index (χ4n) is 3.60. The summed E-state index contributed by atoms with van der Waals surface area (Å²) in [6, 6.07) is 7.53. The van der Waals surface area contributed by atoms with E-state index in [4.69, 9.17) is 15.2 Å². The number of benzene rings is 1. The van der Waals surface area contributed by atoms with Gasteiger partial charge in [0.05, 0.1) is 26.4 Å². The van der Waals surface area contributed by atoms with Crippen LogP contribution in [0.4, 0.5) is 23.5 Å². The van der Waals surface area contributed by atoms with Crippen LogP contribution in [0.15, 0.2) is 36.9 Å². The Kier molecular flexibility index (Phi) is 11.2. The molecule has 190 valence electrons. The van der Waals surface area contributed by atoms with Crippen LogP contribution in [0.1, 0.15) is 36.0 Å². The average Bonchev–Trinajstić information content (AvgIpc) is 3.37. The van der Waals surface area contributed by atoms with Crippen LogP contribution < -0.4 is 27.0 Å². The zero-order chi connectivity index (χ0) is 24.7. The largest absolute Gasteiger partial charge is 0.378 e. The number of amides is 1. The Balaban J connectivity index is 1.56. The van der Waals surface area contributed by atoms with Gasteiger partial charge in [-0.1, -0.05) is 25.0 Å². The van der Waals surface area contributed by atoms with Crippen molar-refractivity contribution < 1.29 is 14.3 Å². The van der Waals surface area contributed by atoms with E-state index in [1.807, 2.05) is 6.07 Å². The van der Waals surface area contributed by atoms with Crippen LogP contribution in [0.3, 0.4) is 0 Å². The van der Waals surface area contributed by atoms with Gasteiger partial charge >= 0.3 is 0 Å². The van der Waals surface area contributed by atoms with Crippen LogP contribution in [0.2, 0.25) is 0 Å². The number of hydrogen-bond donors (Lipinski definition) is 5. The first-order valence-corrected chi connectivity index (χ1v) is 12.1. The van der Waals surface area contributed by atoms with Gasteiger partial charge in [0, 0.05) is 36.9 Å². The molecule has 11 nitrogen and oxygen atoms in total. The number of ether oxygens (including phenoxy) is 2. The summed E-state index contributed by atoms with van der Waals surface area (Å²) in [7, 11) is 0. The van der Waals surface area contributed by atoms with Crippen LogP contribution in [0.25, 0.3) is 0 Å². The molecule has 0 bridgehead atoms. The number of hydrogen-bond acceptors (Lipinski definition) is 10. The Morgan fingerprint density at radius 1 is 1.06 bits per heavy atom. The lowest BCUT2D eigenvalue weighted by Gasteiger charge is -2.14. The van der Waals surface area contributed by atoms with Crippen molar-refractivity contribution in [1.82, 2.24) is 20.3 Å². The molecule has 0 spiro atoms. The maximum absolute atomic E-state index is 12.5. The Bertz CT molecular complexity index is 937. The molecular weight excluding hydrogens is 448 g/mol. The molecule has 1 fully saturated rings. The molecular formula is C24H36N8O3. The second kappa shape index (κ2) is 14.9. The number of carbonyl (C=O) groups is 1. The molecule has 0 aliphatic heterocycles. The summed E-state index contributed by atoms with van der Waals surface area (Å²) < 4.78 is 10.7. The highest BCUT2D eigenvalue weighted by Gasteiger charge is 2.17. The molecule has 1 aliphatic rings. The minimum Gasteiger partial charge on any atom is -0.378 e. The van der Waals surface area contributed by atoms with E-state index in [0.717, 1.165) is 12.8 Å². The number of nitrogens with one attached hydrogen (secondary N) is 4. The quantitative estimate of drug-likeness (QED) is 0.177. The van der Waals surface area contributed by atoms with Crippen molar-refractivity contribution >= 4 is 29.4 Å². The Labute approximate surface area is 206 Å². The van der Waals surface area contributed by atoms with Gasteiger partial charge < -0.3 is 36.5 Å². The van der Waals surface area contributed by atoms with E-state index in [1.54, 1.807) is 24.3 Å². The van der Waals surface area contributed by atoms with Crippen molar-refractivity contribution in [1.29, 1.82) is 0 Å². The van der Waals surface area contributed by atoms with Crippen molar-refractivity contribution in [2.24, 2.45) is 5.73 Å². The van der Waals surface area contributed by atoms with Crippen molar-refractivity contribution in [2.45, 2.75) is 31.7 Å². The molecule has 1 aromatic heterocycles. The first-order chi connectivity index (χ1) is 17.2. The molecule has 0 saturated heterocycles. The van der Waals surface area contributed by atoms with E-state index in [0.29, 0.717) is 81.2 Å². The molecule has 35 heavy (non-hydrogen) atoms. The third-order valence-electron chi connectivity index (χ3n) is 5.28. The zero-order valence-electron chi connectivity index (χ0n) is 20.1. The maximum Gasteiger partial charge on any atom is 0.251 e. The highest BCUT2D eigenvalue weighted by Crippen LogP contribution is 2.22. The summed E-state index contributed by atoms with van der Waals surface area (Å²) in [6.45, 7) is 7.01. The number of rotatable bonds is 16. The number of carbonyl (C=O) groups excluding carboxylic acids is 1. The highest BCUT2D eigenvalue weighted by atomic mass is 16.5. The van der Waals surface area contributed by atoms with Crippen molar-refractivity contribution in [2.75, 3.05) is 62.0 Å². The van der Waals surface area contributed by atoms with Gasteiger partial charge in [-0.25, -0.2) is 0 Å². The summed E-state index contributed by atoms with van der Waals surface area (Å²) in [4.78, 5) is 26.0. The molecule has 1 saturated carbocycles. The lowest BCUT2D eigenvalue weighted by Crippen LogP contribution is -2.27. The van der Waals surface area contributed by atoms with Gasteiger partial charge in [-0.3, -0.25) is 4.79 Å².